The summed E-state index contributed by atoms with van der Waals surface area (Å²) in [6, 6.07) is 7.08. The molecule has 2 aromatic heterocycles. The maximum atomic E-state index is 13.2. The molecule has 0 amide bonds. The Labute approximate surface area is 141 Å². The van der Waals surface area contributed by atoms with E-state index in [1.165, 1.54) is 30.0 Å². The second-order valence-electron chi connectivity index (χ2n) is 5.20. The molecule has 0 aliphatic carbocycles. The van der Waals surface area contributed by atoms with Crippen molar-refractivity contribution in [2.75, 3.05) is 6.26 Å². The van der Waals surface area contributed by atoms with Crippen LogP contribution in [0.3, 0.4) is 0 Å². The molecule has 0 N–H and O–H groups in total. The number of carbonyl (C=O) groups is 1. The summed E-state index contributed by atoms with van der Waals surface area (Å²) in [5.74, 6) is -0.222. The van der Waals surface area contributed by atoms with Crippen molar-refractivity contribution in [2.45, 2.75) is 18.5 Å². The molecule has 5 nitrogen and oxygen atoms in total. The van der Waals surface area contributed by atoms with E-state index < -0.39 is 11.4 Å². The second kappa shape index (κ2) is 6.52. The van der Waals surface area contributed by atoms with Crippen molar-refractivity contribution in [2.24, 2.45) is 0 Å². The molecule has 0 aliphatic rings. The topological polar surface area (TPSA) is 64.1 Å². The van der Waals surface area contributed by atoms with Crippen LogP contribution in [0.1, 0.15) is 16.2 Å². The van der Waals surface area contributed by atoms with Gasteiger partial charge < -0.3 is 4.42 Å². The van der Waals surface area contributed by atoms with Gasteiger partial charge in [-0.05, 0) is 29.4 Å². The number of benzene rings is 1. The predicted molar refractivity (Wildman–Crippen MR) is 87.7 cm³/mol. The summed E-state index contributed by atoms with van der Waals surface area (Å²) in [6.07, 6.45) is 3.67. The predicted octanol–water partition coefficient (Wildman–Crippen LogP) is 2.53. The largest absolute Gasteiger partial charge is 0.422 e. The standard InChI is InChI=1S/C17H14FN2O3S/c1-10-19-16(24-2)5-6-20(10)9-14(21)13-7-11-3-4-12(18)8-15(11)23-17(13)22/h3-8H,9H2,1-2H3/q+1. The number of thioether (sulfide) groups is 1. The van der Waals surface area contributed by atoms with Gasteiger partial charge in [-0.3, -0.25) is 4.79 Å². The number of aryl methyl sites for hydroxylation is 1. The van der Waals surface area contributed by atoms with Gasteiger partial charge in [0, 0.05) is 24.4 Å². The molecule has 122 valence electrons. The molecule has 24 heavy (non-hydrogen) atoms. The number of Topliss-reactive ketones (excluding diaryl/α,β-unsaturated/α-hetero) is 1. The van der Waals surface area contributed by atoms with Crippen molar-refractivity contribution < 1.29 is 18.2 Å². The third kappa shape index (κ3) is 3.21. The van der Waals surface area contributed by atoms with Crippen LogP contribution in [0.15, 0.2) is 50.8 Å². The average molecular weight is 345 g/mol. The number of hydrogen-bond donors (Lipinski definition) is 0. The van der Waals surface area contributed by atoms with Crippen LogP contribution in [0.5, 0.6) is 0 Å². The zero-order valence-electron chi connectivity index (χ0n) is 13.1. The van der Waals surface area contributed by atoms with Crippen LogP contribution in [0, 0.1) is 12.7 Å². The Morgan fingerprint density at radius 3 is 2.83 bits per heavy atom. The summed E-state index contributed by atoms with van der Waals surface area (Å²) in [5, 5.41) is 1.35. The van der Waals surface area contributed by atoms with E-state index in [2.05, 4.69) is 4.98 Å². The molecular weight excluding hydrogens is 331 g/mol. The van der Waals surface area contributed by atoms with Gasteiger partial charge in [0.2, 0.25) is 10.8 Å². The minimum absolute atomic E-state index is 0.0229. The summed E-state index contributed by atoms with van der Waals surface area (Å²) in [5.41, 5.74) is -0.716. The molecule has 1 aromatic carbocycles. The van der Waals surface area contributed by atoms with Crippen LogP contribution in [0.4, 0.5) is 4.39 Å². The van der Waals surface area contributed by atoms with Crippen molar-refractivity contribution >= 4 is 28.5 Å². The highest BCUT2D eigenvalue weighted by molar-refractivity contribution is 7.98. The van der Waals surface area contributed by atoms with E-state index in [-0.39, 0.29) is 23.5 Å². The fourth-order valence-corrected chi connectivity index (χ4v) is 2.74. The Hall–Kier alpha value is -2.54. The Morgan fingerprint density at radius 1 is 1.33 bits per heavy atom. The maximum absolute atomic E-state index is 13.2. The van der Waals surface area contributed by atoms with Crippen molar-refractivity contribution in [1.82, 2.24) is 4.98 Å². The molecule has 0 unspecified atom stereocenters. The molecule has 0 aliphatic heterocycles. The van der Waals surface area contributed by atoms with Gasteiger partial charge in [-0.15, -0.1) is 0 Å². The molecule has 0 fully saturated rings. The molecule has 0 spiro atoms. The molecular formula is C17H14FN2O3S+. The zero-order valence-corrected chi connectivity index (χ0v) is 13.9. The lowest BCUT2D eigenvalue weighted by Crippen LogP contribution is -2.42. The minimum atomic E-state index is -0.773. The first kappa shape index (κ1) is 16.3. The second-order valence-corrected chi connectivity index (χ2v) is 6.02. The van der Waals surface area contributed by atoms with E-state index in [9.17, 15) is 14.0 Å². The summed E-state index contributed by atoms with van der Waals surface area (Å²) in [7, 11) is 0. The van der Waals surface area contributed by atoms with Gasteiger partial charge in [-0.2, -0.15) is 0 Å². The van der Waals surface area contributed by atoms with Crippen LogP contribution in [-0.2, 0) is 6.54 Å². The first-order valence-corrected chi connectivity index (χ1v) is 8.38. The lowest BCUT2D eigenvalue weighted by molar-refractivity contribution is -0.692. The Morgan fingerprint density at radius 2 is 2.12 bits per heavy atom. The van der Waals surface area contributed by atoms with E-state index in [1.807, 2.05) is 6.26 Å². The van der Waals surface area contributed by atoms with Gasteiger partial charge in [0.25, 0.3) is 5.82 Å². The normalized spacial score (nSPS) is 11.0. The fourth-order valence-electron chi connectivity index (χ4n) is 2.32. The molecule has 2 heterocycles. The smallest absolute Gasteiger partial charge is 0.347 e. The van der Waals surface area contributed by atoms with Gasteiger partial charge >= 0.3 is 5.63 Å². The van der Waals surface area contributed by atoms with Crippen LogP contribution in [-0.4, -0.2) is 17.0 Å². The van der Waals surface area contributed by atoms with Crippen LogP contribution >= 0.6 is 11.8 Å². The van der Waals surface area contributed by atoms with E-state index in [4.69, 9.17) is 4.42 Å². The number of rotatable bonds is 4. The molecule has 7 heteroatoms. The third-order valence-electron chi connectivity index (χ3n) is 3.61. The van der Waals surface area contributed by atoms with Crippen LogP contribution in [0.2, 0.25) is 0 Å². The number of fused-ring (bicyclic) bond motifs is 1. The first-order valence-electron chi connectivity index (χ1n) is 7.15. The summed E-state index contributed by atoms with van der Waals surface area (Å²) in [6.45, 7) is 1.77. The lowest BCUT2D eigenvalue weighted by atomic mass is 10.1. The molecule has 0 bridgehead atoms. The van der Waals surface area contributed by atoms with E-state index in [0.29, 0.717) is 11.2 Å². The van der Waals surface area contributed by atoms with Crippen LogP contribution in [0.25, 0.3) is 11.0 Å². The average Bonchev–Trinajstić information content (AvgIpc) is 2.55. The number of hydrogen-bond acceptors (Lipinski definition) is 5. The van der Waals surface area contributed by atoms with Gasteiger partial charge in [0.15, 0.2) is 6.54 Å². The van der Waals surface area contributed by atoms with Crippen LogP contribution < -0.4 is 10.2 Å². The molecule has 0 saturated carbocycles. The lowest BCUT2D eigenvalue weighted by Gasteiger charge is -2.03. The van der Waals surface area contributed by atoms with Crippen molar-refractivity contribution in [3.8, 4) is 0 Å². The fraction of sp³-hybridized carbons (Fsp3) is 0.176. The van der Waals surface area contributed by atoms with Crippen molar-refractivity contribution in [3.63, 3.8) is 0 Å². The number of ketones is 1. The molecule has 3 aromatic rings. The van der Waals surface area contributed by atoms with Gasteiger partial charge in [0.05, 0.1) is 6.20 Å². The summed E-state index contributed by atoms with van der Waals surface area (Å²) < 4.78 is 19.9. The molecule has 0 radical (unpaired) electrons. The molecule has 0 saturated heterocycles. The van der Waals surface area contributed by atoms with E-state index in [1.54, 1.807) is 23.8 Å². The van der Waals surface area contributed by atoms with E-state index in [0.717, 1.165) is 11.1 Å². The molecule has 0 atom stereocenters. The van der Waals surface area contributed by atoms with Gasteiger partial charge in [-0.25, -0.2) is 13.8 Å². The summed E-state index contributed by atoms with van der Waals surface area (Å²) in [4.78, 5) is 28.8. The number of halogens is 1. The summed E-state index contributed by atoms with van der Waals surface area (Å²) >= 11 is 1.51. The number of carbonyl (C=O) groups excluding carboxylic acids is 1. The van der Waals surface area contributed by atoms with Crippen molar-refractivity contribution in [3.05, 3.63) is 64.2 Å². The highest BCUT2D eigenvalue weighted by Crippen LogP contribution is 2.15. The maximum Gasteiger partial charge on any atom is 0.347 e. The minimum Gasteiger partial charge on any atom is -0.422 e. The SMILES string of the molecule is CSc1cc[n+](CC(=O)c2cc3ccc(F)cc3oc2=O)c(C)n1. The molecule has 3 rings (SSSR count). The quantitative estimate of drug-likeness (QED) is 0.239. The highest BCUT2D eigenvalue weighted by atomic mass is 32.2. The first-order chi connectivity index (χ1) is 11.5. The highest BCUT2D eigenvalue weighted by Gasteiger charge is 2.19. The Balaban J connectivity index is 1.95. The van der Waals surface area contributed by atoms with Gasteiger partial charge in [0.1, 0.15) is 17.0 Å². The van der Waals surface area contributed by atoms with E-state index >= 15 is 0 Å². The Bertz CT molecular complexity index is 1000. The van der Waals surface area contributed by atoms with Gasteiger partial charge in [-0.1, -0.05) is 11.8 Å². The monoisotopic (exact) mass is 345 g/mol. The third-order valence-corrected chi connectivity index (χ3v) is 4.25. The zero-order chi connectivity index (χ0) is 17.3. The number of nitrogens with zero attached hydrogens (tertiary/aromatic N) is 2. The van der Waals surface area contributed by atoms with Crippen molar-refractivity contribution in [1.29, 1.82) is 0 Å². The number of aromatic nitrogens is 2. The Kier molecular flexibility index (Phi) is 4.44.